The van der Waals surface area contributed by atoms with Crippen molar-refractivity contribution in [3.8, 4) is 5.75 Å². The number of anilines is 1. The number of hydrogen-bond acceptors (Lipinski definition) is 2. The zero-order valence-corrected chi connectivity index (χ0v) is 13.5. The van der Waals surface area contributed by atoms with Crippen LogP contribution in [0.15, 0.2) is 40.9 Å². The highest BCUT2D eigenvalue weighted by atomic mass is 79.9. The lowest BCUT2D eigenvalue weighted by atomic mass is 10.2. The van der Waals surface area contributed by atoms with E-state index in [0.29, 0.717) is 27.0 Å². The minimum atomic E-state index is -0.343. The van der Waals surface area contributed by atoms with E-state index in [1.807, 2.05) is 0 Å². The minimum Gasteiger partial charge on any atom is -0.496 e. The summed E-state index contributed by atoms with van der Waals surface area (Å²) >= 11 is 15.4. The van der Waals surface area contributed by atoms with Gasteiger partial charge in [0.15, 0.2) is 0 Å². The SMILES string of the molecule is COc1cc(Br)ccc1C(=O)Nc1c(Cl)cccc1Cl. The normalized spacial score (nSPS) is 10.2. The Bertz CT molecular complexity index is 641. The molecule has 6 heteroatoms. The van der Waals surface area contributed by atoms with Crippen LogP contribution in [0.4, 0.5) is 5.69 Å². The second-order valence-electron chi connectivity index (χ2n) is 3.90. The highest BCUT2D eigenvalue weighted by molar-refractivity contribution is 9.10. The molecule has 2 aromatic carbocycles. The Kier molecular flexibility index (Phi) is 4.91. The van der Waals surface area contributed by atoms with Gasteiger partial charge in [0.1, 0.15) is 5.75 Å². The number of rotatable bonds is 3. The molecular weight excluding hydrogens is 365 g/mol. The fraction of sp³-hybridized carbons (Fsp3) is 0.0714. The first-order valence-corrected chi connectivity index (χ1v) is 7.16. The predicted octanol–water partition coefficient (Wildman–Crippen LogP) is 5.02. The van der Waals surface area contributed by atoms with Crippen LogP contribution in [0.3, 0.4) is 0 Å². The van der Waals surface area contributed by atoms with Gasteiger partial charge in [-0.05, 0) is 30.3 Å². The predicted molar refractivity (Wildman–Crippen MR) is 85.1 cm³/mol. The van der Waals surface area contributed by atoms with Crippen molar-refractivity contribution in [3.05, 3.63) is 56.5 Å². The number of ether oxygens (including phenoxy) is 1. The quantitative estimate of drug-likeness (QED) is 0.819. The van der Waals surface area contributed by atoms with E-state index in [9.17, 15) is 4.79 Å². The molecular formula is C14H10BrCl2NO2. The van der Waals surface area contributed by atoms with E-state index in [2.05, 4.69) is 21.2 Å². The second kappa shape index (κ2) is 6.48. The summed E-state index contributed by atoms with van der Waals surface area (Å²) in [6.07, 6.45) is 0. The lowest BCUT2D eigenvalue weighted by Gasteiger charge is -2.11. The van der Waals surface area contributed by atoms with Crippen LogP contribution in [-0.2, 0) is 0 Å². The molecule has 2 rings (SSSR count). The monoisotopic (exact) mass is 373 g/mol. The fourth-order valence-electron chi connectivity index (χ4n) is 1.65. The van der Waals surface area contributed by atoms with Crippen LogP contribution in [0.5, 0.6) is 5.75 Å². The molecule has 0 radical (unpaired) electrons. The third kappa shape index (κ3) is 3.26. The Labute approximate surface area is 135 Å². The standard InChI is InChI=1S/C14H10BrCl2NO2/c1-20-12-7-8(15)5-6-9(12)14(19)18-13-10(16)3-2-4-11(13)17/h2-7H,1H3,(H,18,19). The van der Waals surface area contributed by atoms with Crippen molar-refractivity contribution in [1.82, 2.24) is 0 Å². The topological polar surface area (TPSA) is 38.3 Å². The lowest BCUT2D eigenvalue weighted by Crippen LogP contribution is -2.13. The van der Waals surface area contributed by atoms with Gasteiger partial charge in [0, 0.05) is 4.47 Å². The van der Waals surface area contributed by atoms with Crippen molar-refractivity contribution in [2.24, 2.45) is 0 Å². The van der Waals surface area contributed by atoms with Crippen LogP contribution < -0.4 is 10.1 Å². The van der Waals surface area contributed by atoms with E-state index in [0.717, 1.165) is 4.47 Å². The molecule has 20 heavy (non-hydrogen) atoms. The smallest absolute Gasteiger partial charge is 0.259 e. The molecule has 0 bridgehead atoms. The van der Waals surface area contributed by atoms with Gasteiger partial charge in [0.25, 0.3) is 5.91 Å². The van der Waals surface area contributed by atoms with Crippen molar-refractivity contribution in [1.29, 1.82) is 0 Å². The first-order valence-electron chi connectivity index (χ1n) is 5.62. The molecule has 1 amide bonds. The summed E-state index contributed by atoms with van der Waals surface area (Å²) in [6, 6.07) is 10.1. The Balaban J connectivity index is 2.33. The molecule has 104 valence electrons. The van der Waals surface area contributed by atoms with Gasteiger partial charge in [-0.2, -0.15) is 0 Å². The highest BCUT2D eigenvalue weighted by Crippen LogP contribution is 2.31. The first kappa shape index (κ1) is 15.2. The summed E-state index contributed by atoms with van der Waals surface area (Å²) < 4.78 is 6.01. The molecule has 0 unspecified atom stereocenters. The third-order valence-electron chi connectivity index (χ3n) is 2.61. The number of methoxy groups -OCH3 is 1. The van der Waals surface area contributed by atoms with Gasteiger partial charge in [-0.3, -0.25) is 4.79 Å². The zero-order valence-electron chi connectivity index (χ0n) is 10.4. The second-order valence-corrected chi connectivity index (χ2v) is 5.63. The lowest BCUT2D eigenvalue weighted by molar-refractivity contribution is 0.102. The Morgan fingerprint density at radius 1 is 1.20 bits per heavy atom. The number of hydrogen-bond donors (Lipinski definition) is 1. The van der Waals surface area contributed by atoms with E-state index in [1.165, 1.54) is 7.11 Å². The molecule has 3 nitrogen and oxygen atoms in total. The molecule has 0 aliphatic heterocycles. The third-order valence-corrected chi connectivity index (χ3v) is 3.73. The maximum atomic E-state index is 12.3. The van der Waals surface area contributed by atoms with Gasteiger partial charge in [0.2, 0.25) is 0 Å². The first-order chi connectivity index (χ1) is 9.52. The molecule has 0 atom stereocenters. The molecule has 1 N–H and O–H groups in total. The molecule has 0 heterocycles. The van der Waals surface area contributed by atoms with Crippen LogP contribution in [-0.4, -0.2) is 13.0 Å². The summed E-state index contributed by atoms with van der Waals surface area (Å²) in [5, 5.41) is 3.44. The van der Waals surface area contributed by atoms with Crippen molar-refractivity contribution in [3.63, 3.8) is 0 Å². The number of amides is 1. The average Bonchev–Trinajstić information content (AvgIpc) is 2.42. The van der Waals surface area contributed by atoms with E-state index in [1.54, 1.807) is 36.4 Å². The Morgan fingerprint density at radius 3 is 2.45 bits per heavy atom. The molecule has 2 aromatic rings. The van der Waals surface area contributed by atoms with Crippen molar-refractivity contribution < 1.29 is 9.53 Å². The largest absolute Gasteiger partial charge is 0.496 e. The van der Waals surface area contributed by atoms with E-state index < -0.39 is 0 Å². The van der Waals surface area contributed by atoms with E-state index in [4.69, 9.17) is 27.9 Å². The van der Waals surface area contributed by atoms with Gasteiger partial charge in [-0.1, -0.05) is 45.2 Å². The zero-order chi connectivity index (χ0) is 14.7. The minimum absolute atomic E-state index is 0.343. The van der Waals surface area contributed by atoms with Crippen LogP contribution >= 0.6 is 39.1 Å². The summed E-state index contributed by atoms with van der Waals surface area (Å²) in [6.45, 7) is 0. The molecule has 0 saturated carbocycles. The Morgan fingerprint density at radius 2 is 1.85 bits per heavy atom. The van der Waals surface area contributed by atoms with E-state index >= 15 is 0 Å². The number of carbonyl (C=O) groups excluding carboxylic acids is 1. The molecule has 0 spiro atoms. The van der Waals surface area contributed by atoms with Crippen molar-refractivity contribution in [2.75, 3.05) is 12.4 Å². The van der Waals surface area contributed by atoms with Crippen LogP contribution in [0.2, 0.25) is 10.0 Å². The molecule has 0 aliphatic carbocycles. The van der Waals surface area contributed by atoms with Gasteiger partial charge < -0.3 is 10.1 Å². The summed E-state index contributed by atoms with van der Waals surface area (Å²) in [4.78, 5) is 12.3. The maximum absolute atomic E-state index is 12.3. The molecule has 0 aliphatic rings. The van der Waals surface area contributed by atoms with Crippen LogP contribution in [0, 0.1) is 0 Å². The highest BCUT2D eigenvalue weighted by Gasteiger charge is 2.15. The van der Waals surface area contributed by atoms with Crippen molar-refractivity contribution in [2.45, 2.75) is 0 Å². The summed E-state index contributed by atoms with van der Waals surface area (Å²) in [7, 11) is 1.50. The number of para-hydroxylation sites is 1. The average molecular weight is 375 g/mol. The van der Waals surface area contributed by atoms with Gasteiger partial charge in [0.05, 0.1) is 28.4 Å². The van der Waals surface area contributed by atoms with Gasteiger partial charge in [-0.25, -0.2) is 0 Å². The van der Waals surface area contributed by atoms with Gasteiger partial charge >= 0.3 is 0 Å². The molecule has 0 fully saturated rings. The maximum Gasteiger partial charge on any atom is 0.259 e. The molecule has 0 saturated heterocycles. The summed E-state index contributed by atoms with van der Waals surface area (Å²) in [5.74, 6) is 0.115. The van der Waals surface area contributed by atoms with Gasteiger partial charge in [-0.15, -0.1) is 0 Å². The number of nitrogens with one attached hydrogen (secondary N) is 1. The molecule has 0 aromatic heterocycles. The van der Waals surface area contributed by atoms with Crippen LogP contribution in [0.1, 0.15) is 10.4 Å². The number of halogens is 3. The Hall–Kier alpha value is -1.23. The summed E-state index contributed by atoms with van der Waals surface area (Å²) in [5.41, 5.74) is 0.775. The fourth-order valence-corrected chi connectivity index (χ4v) is 2.48. The van der Waals surface area contributed by atoms with E-state index in [-0.39, 0.29) is 5.91 Å². The van der Waals surface area contributed by atoms with Crippen molar-refractivity contribution >= 4 is 50.7 Å². The number of carbonyl (C=O) groups is 1. The number of benzene rings is 2. The van der Waals surface area contributed by atoms with Crippen LogP contribution in [0.25, 0.3) is 0 Å².